The van der Waals surface area contributed by atoms with E-state index in [4.69, 9.17) is 11.0 Å². The van der Waals surface area contributed by atoms with Crippen molar-refractivity contribution in [1.29, 1.82) is 5.26 Å². The van der Waals surface area contributed by atoms with E-state index in [2.05, 4.69) is 0 Å². The number of primary amides is 1. The van der Waals surface area contributed by atoms with Gasteiger partial charge in [0.1, 0.15) is 11.9 Å². The Labute approximate surface area is 105 Å². The fourth-order valence-corrected chi connectivity index (χ4v) is 2.30. The molecule has 1 fully saturated rings. The highest BCUT2D eigenvalue weighted by Gasteiger charge is 2.25. The van der Waals surface area contributed by atoms with Crippen molar-refractivity contribution in [2.75, 3.05) is 18.0 Å². The van der Waals surface area contributed by atoms with Crippen LogP contribution < -0.4 is 10.6 Å². The fraction of sp³-hybridized carbons (Fsp3) is 0.385. The van der Waals surface area contributed by atoms with Crippen molar-refractivity contribution in [2.24, 2.45) is 11.7 Å². The van der Waals surface area contributed by atoms with E-state index in [-0.39, 0.29) is 11.8 Å². The minimum atomic E-state index is -0.432. The molecule has 18 heavy (non-hydrogen) atoms. The molecular formula is C13H14FN3O. The van der Waals surface area contributed by atoms with Crippen LogP contribution in [-0.4, -0.2) is 19.0 Å². The summed E-state index contributed by atoms with van der Waals surface area (Å²) in [6, 6.07) is 6.10. The second-order valence-corrected chi connectivity index (χ2v) is 4.46. The van der Waals surface area contributed by atoms with Gasteiger partial charge in [-0.25, -0.2) is 4.39 Å². The number of hydrogen-bond acceptors (Lipinski definition) is 3. The van der Waals surface area contributed by atoms with Gasteiger partial charge in [0.15, 0.2) is 0 Å². The summed E-state index contributed by atoms with van der Waals surface area (Å²) in [4.78, 5) is 13.1. The van der Waals surface area contributed by atoms with E-state index in [1.54, 1.807) is 6.07 Å². The van der Waals surface area contributed by atoms with Crippen molar-refractivity contribution < 1.29 is 9.18 Å². The first kappa shape index (κ1) is 12.4. The molecular weight excluding hydrogens is 233 g/mol. The lowest BCUT2D eigenvalue weighted by molar-refractivity contribution is -0.122. The van der Waals surface area contributed by atoms with Gasteiger partial charge in [0, 0.05) is 13.1 Å². The SMILES string of the molecule is N#Cc1cc(F)ccc1N1CCCC(C(N)=O)C1. The quantitative estimate of drug-likeness (QED) is 0.858. The van der Waals surface area contributed by atoms with Crippen LogP contribution in [0.25, 0.3) is 0 Å². The zero-order valence-electron chi connectivity index (χ0n) is 9.90. The molecule has 1 heterocycles. The largest absolute Gasteiger partial charge is 0.370 e. The van der Waals surface area contributed by atoms with E-state index in [9.17, 15) is 9.18 Å². The lowest BCUT2D eigenvalue weighted by Crippen LogP contribution is -2.41. The third kappa shape index (κ3) is 2.43. The molecule has 0 radical (unpaired) electrons. The predicted molar refractivity (Wildman–Crippen MR) is 65.2 cm³/mol. The van der Waals surface area contributed by atoms with E-state index in [0.29, 0.717) is 17.8 Å². The van der Waals surface area contributed by atoms with Crippen molar-refractivity contribution in [3.05, 3.63) is 29.6 Å². The number of nitrogens with two attached hydrogens (primary N) is 1. The molecule has 2 N–H and O–H groups in total. The van der Waals surface area contributed by atoms with Crippen molar-refractivity contribution in [3.8, 4) is 6.07 Å². The van der Waals surface area contributed by atoms with Crippen molar-refractivity contribution in [2.45, 2.75) is 12.8 Å². The molecule has 4 nitrogen and oxygen atoms in total. The van der Waals surface area contributed by atoms with Crippen LogP contribution in [0.15, 0.2) is 18.2 Å². The zero-order chi connectivity index (χ0) is 13.1. The zero-order valence-corrected chi connectivity index (χ0v) is 9.90. The highest BCUT2D eigenvalue weighted by atomic mass is 19.1. The molecule has 2 rings (SSSR count). The standard InChI is InChI=1S/C13H14FN3O/c14-11-3-4-12(10(6-11)7-15)17-5-1-2-9(8-17)13(16)18/h3-4,6,9H,1-2,5,8H2,(H2,16,18). The summed E-state index contributed by atoms with van der Waals surface area (Å²) in [6.45, 7) is 1.25. The van der Waals surface area contributed by atoms with E-state index in [1.165, 1.54) is 12.1 Å². The van der Waals surface area contributed by atoms with Gasteiger partial charge in [-0.2, -0.15) is 5.26 Å². The molecule has 1 saturated heterocycles. The topological polar surface area (TPSA) is 70.1 Å². The molecule has 1 aromatic carbocycles. The molecule has 1 atom stereocenters. The van der Waals surface area contributed by atoms with Crippen LogP contribution in [0.2, 0.25) is 0 Å². The van der Waals surface area contributed by atoms with E-state index >= 15 is 0 Å². The first-order chi connectivity index (χ1) is 8.61. The van der Waals surface area contributed by atoms with Gasteiger partial charge in [0.05, 0.1) is 17.2 Å². The van der Waals surface area contributed by atoms with E-state index < -0.39 is 5.82 Å². The maximum atomic E-state index is 13.1. The van der Waals surface area contributed by atoms with Gasteiger partial charge in [-0.05, 0) is 31.0 Å². The van der Waals surface area contributed by atoms with Crippen LogP contribution in [0.1, 0.15) is 18.4 Å². The van der Waals surface area contributed by atoms with Crippen LogP contribution in [0.4, 0.5) is 10.1 Å². The van der Waals surface area contributed by atoms with Gasteiger partial charge < -0.3 is 10.6 Å². The summed E-state index contributed by atoms with van der Waals surface area (Å²) in [5.74, 6) is -0.950. The molecule has 0 saturated carbocycles. The number of carbonyl (C=O) groups excluding carboxylic acids is 1. The number of nitriles is 1. The third-order valence-electron chi connectivity index (χ3n) is 3.24. The van der Waals surface area contributed by atoms with E-state index in [1.807, 2.05) is 11.0 Å². The Hall–Kier alpha value is -2.09. The average molecular weight is 247 g/mol. The van der Waals surface area contributed by atoms with Gasteiger partial charge in [-0.15, -0.1) is 0 Å². The van der Waals surface area contributed by atoms with Gasteiger partial charge in [0.2, 0.25) is 5.91 Å². The van der Waals surface area contributed by atoms with Gasteiger partial charge in [-0.3, -0.25) is 4.79 Å². The minimum absolute atomic E-state index is 0.199. The minimum Gasteiger partial charge on any atom is -0.370 e. The van der Waals surface area contributed by atoms with Crippen molar-refractivity contribution >= 4 is 11.6 Å². The van der Waals surface area contributed by atoms with Crippen LogP contribution in [0.3, 0.4) is 0 Å². The van der Waals surface area contributed by atoms with E-state index in [0.717, 1.165) is 19.4 Å². The Balaban J connectivity index is 2.26. The number of benzene rings is 1. The summed E-state index contributed by atoms with van der Waals surface area (Å²) >= 11 is 0. The number of hydrogen-bond donors (Lipinski definition) is 1. The number of piperidine rings is 1. The molecule has 5 heteroatoms. The van der Waals surface area contributed by atoms with Crippen LogP contribution >= 0.6 is 0 Å². The molecule has 1 unspecified atom stereocenters. The highest BCUT2D eigenvalue weighted by Crippen LogP contribution is 2.26. The summed E-state index contributed by atoms with van der Waals surface area (Å²) < 4.78 is 13.1. The summed E-state index contributed by atoms with van der Waals surface area (Å²) in [6.07, 6.45) is 1.62. The maximum Gasteiger partial charge on any atom is 0.222 e. The summed E-state index contributed by atoms with van der Waals surface area (Å²) in [7, 11) is 0. The van der Waals surface area contributed by atoms with Gasteiger partial charge >= 0.3 is 0 Å². The Morgan fingerprint density at radius 3 is 3.00 bits per heavy atom. The monoisotopic (exact) mass is 247 g/mol. The number of anilines is 1. The molecule has 1 aliphatic heterocycles. The van der Waals surface area contributed by atoms with Gasteiger partial charge in [0.25, 0.3) is 0 Å². The lowest BCUT2D eigenvalue weighted by Gasteiger charge is -2.33. The number of rotatable bonds is 2. The highest BCUT2D eigenvalue weighted by molar-refractivity contribution is 5.78. The summed E-state index contributed by atoms with van der Waals surface area (Å²) in [5, 5.41) is 9.01. The average Bonchev–Trinajstić information content (AvgIpc) is 2.38. The Kier molecular flexibility index (Phi) is 3.47. The fourth-order valence-electron chi connectivity index (χ4n) is 2.30. The second-order valence-electron chi connectivity index (χ2n) is 4.46. The van der Waals surface area contributed by atoms with Crippen molar-refractivity contribution in [1.82, 2.24) is 0 Å². The Bertz CT molecular complexity index is 509. The van der Waals surface area contributed by atoms with Crippen LogP contribution in [-0.2, 0) is 4.79 Å². The van der Waals surface area contributed by atoms with Gasteiger partial charge in [-0.1, -0.05) is 0 Å². The maximum absolute atomic E-state index is 13.1. The molecule has 0 aromatic heterocycles. The summed E-state index contributed by atoms with van der Waals surface area (Å²) in [5.41, 5.74) is 6.27. The Morgan fingerprint density at radius 1 is 1.56 bits per heavy atom. The molecule has 1 aliphatic rings. The number of nitrogens with zero attached hydrogens (tertiary/aromatic N) is 2. The molecule has 0 aliphatic carbocycles. The molecule has 0 bridgehead atoms. The van der Waals surface area contributed by atoms with Crippen molar-refractivity contribution in [3.63, 3.8) is 0 Å². The first-order valence-corrected chi connectivity index (χ1v) is 5.85. The number of carbonyl (C=O) groups is 1. The van der Waals surface area contributed by atoms with Crippen LogP contribution in [0.5, 0.6) is 0 Å². The molecule has 1 aromatic rings. The molecule has 94 valence electrons. The second kappa shape index (κ2) is 5.05. The smallest absolute Gasteiger partial charge is 0.222 e. The lowest BCUT2D eigenvalue weighted by atomic mass is 9.96. The number of amides is 1. The normalized spacial score (nSPS) is 19.3. The molecule has 0 spiro atoms. The first-order valence-electron chi connectivity index (χ1n) is 5.85. The Morgan fingerprint density at radius 2 is 2.33 bits per heavy atom. The van der Waals surface area contributed by atoms with Crippen LogP contribution in [0, 0.1) is 23.1 Å². The third-order valence-corrected chi connectivity index (χ3v) is 3.24. The number of halogens is 1. The predicted octanol–water partition coefficient (Wildman–Crippen LogP) is 1.40. The molecule has 1 amide bonds.